The largest absolute Gasteiger partial charge is 0.281 e. The summed E-state index contributed by atoms with van der Waals surface area (Å²) in [6, 6.07) is 3.85. The van der Waals surface area contributed by atoms with Crippen molar-refractivity contribution >= 4 is 99.4 Å². The monoisotopic (exact) mass is 627 g/mol. The first-order valence-electron chi connectivity index (χ1n) is 3.57. The Morgan fingerprint density at radius 3 is 2.07 bits per heavy atom. The van der Waals surface area contributed by atoms with Gasteiger partial charge in [0.25, 0.3) is 0 Å². The summed E-state index contributed by atoms with van der Waals surface area (Å²) in [6.07, 6.45) is 0. The van der Waals surface area contributed by atoms with Crippen molar-refractivity contribution in [2.24, 2.45) is 0 Å². The third-order valence-electron chi connectivity index (χ3n) is 1.41. The van der Waals surface area contributed by atoms with Crippen molar-refractivity contribution in [1.82, 2.24) is 0 Å². The molecule has 0 aliphatic rings. The fourth-order valence-corrected chi connectivity index (χ4v) is 5.97. The van der Waals surface area contributed by atoms with E-state index in [1.165, 1.54) is 0 Å². The normalized spacial score (nSPS) is 11.5. The Labute approximate surface area is 138 Å². The molecule has 0 amide bonds. The second-order valence-electron chi connectivity index (χ2n) is 2.57. The van der Waals surface area contributed by atoms with Gasteiger partial charge in [-0.25, -0.2) is 8.42 Å². The highest BCUT2D eigenvalue weighted by molar-refractivity contribution is 14.1. The number of hydrogen-bond donors (Lipinski definition) is 1. The van der Waals surface area contributed by atoms with Crippen molar-refractivity contribution in [3.8, 4) is 0 Å². The third-order valence-corrected chi connectivity index (χ3v) is 6.34. The van der Waals surface area contributed by atoms with Crippen LogP contribution in [0.1, 0.15) is 0 Å². The summed E-state index contributed by atoms with van der Waals surface area (Å²) in [5, 5.41) is 0. The lowest BCUT2D eigenvalue weighted by atomic mass is 10.3. The Morgan fingerprint density at radius 1 is 1.20 bits per heavy atom. The van der Waals surface area contributed by atoms with E-state index in [9.17, 15) is 8.42 Å². The van der Waals surface area contributed by atoms with Crippen molar-refractivity contribution in [2.75, 3.05) is 9.38 Å². The number of rotatable bonds is 3. The minimum absolute atomic E-state index is 0.0991. The topological polar surface area (TPSA) is 46.2 Å². The van der Waals surface area contributed by atoms with E-state index in [0.29, 0.717) is 5.69 Å². The molecule has 0 aliphatic carbocycles. The van der Waals surface area contributed by atoms with E-state index in [-0.39, 0.29) is 4.66 Å². The zero-order valence-electron chi connectivity index (χ0n) is 7.10. The van der Waals surface area contributed by atoms with Crippen LogP contribution in [0.5, 0.6) is 0 Å². The first kappa shape index (κ1) is 14.7. The minimum atomic E-state index is -3.28. The molecule has 1 N–H and O–H groups in total. The molecule has 8 heteroatoms. The Morgan fingerprint density at radius 2 is 1.67 bits per heavy atom. The van der Waals surface area contributed by atoms with Gasteiger partial charge in [-0.15, -0.1) is 0 Å². The molecule has 0 radical (unpaired) electrons. The average Bonchev–Trinajstić information content (AvgIpc) is 2.11. The number of anilines is 1. The zero-order valence-corrected chi connectivity index (χ0v) is 16.0. The second-order valence-corrected chi connectivity index (χ2v) is 9.17. The highest BCUT2D eigenvalue weighted by Crippen LogP contribution is 2.28. The predicted octanol–water partition coefficient (Wildman–Crippen LogP) is 3.59. The molecule has 0 bridgehead atoms. The molecule has 0 aliphatic heterocycles. The van der Waals surface area contributed by atoms with Crippen LogP contribution in [0.2, 0.25) is 0 Å². The van der Waals surface area contributed by atoms with Crippen LogP contribution in [0.3, 0.4) is 0 Å². The maximum absolute atomic E-state index is 11.4. The average molecular weight is 628 g/mol. The van der Waals surface area contributed by atoms with E-state index in [0.717, 1.165) is 10.7 Å². The molecular formula is C7H5BrI3NO2S. The van der Waals surface area contributed by atoms with Gasteiger partial charge in [-0.05, 0) is 79.9 Å². The number of nitrogens with one attached hydrogen (secondary N) is 1. The lowest BCUT2D eigenvalue weighted by molar-refractivity contribution is 0.606. The molecule has 15 heavy (non-hydrogen) atoms. The van der Waals surface area contributed by atoms with E-state index in [4.69, 9.17) is 0 Å². The van der Waals surface area contributed by atoms with E-state index in [1.807, 2.05) is 12.1 Å². The van der Waals surface area contributed by atoms with Gasteiger partial charge in [0.1, 0.15) is 4.66 Å². The Hall–Kier alpha value is 1.64. The van der Waals surface area contributed by atoms with Crippen molar-refractivity contribution in [3.05, 3.63) is 22.8 Å². The van der Waals surface area contributed by atoms with Gasteiger partial charge < -0.3 is 0 Å². The molecule has 0 aromatic heterocycles. The summed E-state index contributed by atoms with van der Waals surface area (Å²) in [5.74, 6) is 0. The maximum atomic E-state index is 11.4. The van der Waals surface area contributed by atoms with Gasteiger partial charge in [-0.3, -0.25) is 4.72 Å². The van der Waals surface area contributed by atoms with Crippen LogP contribution >= 0.6 is 83.7 Å². The van der Waals surface area contributed by atoms with Crippen LogP contribution in [-0.2, 0) is 10.0 Å². The number of sulfonamides is 1. The summed E-state index contributed by atoms with van der Waals surface area (Å²) in [5.41, 5.74) is 0.649. The SMILES string of the molecule is O=S(=O)(CBr)Nc1c(I)cc(I)cc1I. The lowest BCUT2D eigenvalue weighted by Crippen LogP contribution is -2.15. The predicted molar refractivity (Wildman–Crippen MR) is 90.9 cm³/mol. The number of halogens is 4. The van der Waals surface area contributed by atoms with Gasteiger partial charge in [-0.1, -0.05) is 15.9 Å². The highest BCUT2D eigenvalue weighted by atomic mass is 127. The van der Waals surface area contributed by atoms with Crippen LogP contribution in [0.4, 0.5) is 5.69 Å². The van der Waals surface area contributed by atoms with Crippen LogP contribution in [-0.4, -0.2) is 13.1 Å². The first-order chi connectivity index (χ1) is 6.85. The van der Waals surface area contributed by atoms with E-state index < -0.39 is 10.0 Å². The summed E-state index contributed by atoms with van der Waals surface area (Å²) in [7, 11) is -3.28. The molecule has 1 aromatic carbocycles. The molecule has 1 aromatic rings. The summed E-state index contributed by atoms with van der Waals surface area (Å²) >= 11 is 9.37. The van der Waals surface area contributed by atoms with Crippen LogP contribution in [0.15, 0.2) is 12.1 Å². The molecule has 0 unspecified atom stereocenters. The van der Waals surface area contributed by atoms with Gasteiger partial charge >= 0.3 is 0 Å². The quantitative estimate of drug-likeness (QED) is 0.412. The third kappa shape index (κ3) is 4.43. The molecule has 3 nitrogen and oxygen atoms in total. The molecule has 0 spiro atoms. The fraction of sp³-hybridized carbons (Fsp3) is 0.143. The lowest BCUT2D eigenvalue weighted by Gasteiger charge is -2.10. The molecule has 84 valence electrons. The van der Waals surface area contributed by atoms with Gasteiger partial charge in [0, 0.05) is 10.7 Å². The smallest absolute Gasteiger partial charge is 0.242 e. The number of hydrogen-bond acceptors (Lipinski definition) is 2. The van der Waals surface area contributed by atoms with Crippen molar-refractivity contribution in [3.63, 3.8) is 0 Å². The molecular weight excluding hydrogens is 623 g/mol. The van der Waals surface area contributed by atoms with Gasteiger partial charge in [-0.2, -0.15) is 0 Å². The molecule has 1 rings (SSSR count). The summed E-state index contributed by atoms with van der Waals surface area (Å²) in [6.45, 7) is 0. The minimum Gasteiger partial charge on any atom is -0.281 e. The molecule has 0 saturated carbocycles. The van der Waals surface area contributed by atoms with Gasteiger partial charge in [0.05, 0.1) is 5.69 Å². The summed E-state index contributed by atoms with van der Waals surface area (Å²) in [4.78, 5) is 0. The highest BCUT2D eigenvalue weighted by Gasteiger charge is 2.13. The number of alkyl halides is 1. The standard InChI is InChI=1S/C7H5BrI3NO2S/c8-3-15(13,14)12-7-5(10)1-4(9)2-6(7)11/h1-2,12H,3H2. The number of benzene rings is 1. The Kier molecular flexibility index (Phi) is 5.88. The van der Waals surface area contributed by atoms with Crippen LogP contribution in [0, 0.1) is 10.7 Å². The van der Waals surface area contributed by atoms with E-state index in [2.05, 4.69) is 88.4 Å². The molecule has 0 atom stereocenters. The van der Waals surface area contributed by atoms with Crippen molar-refractivity contribution in [2.45, 2.75) is 0 Å². The van der Waals surface area contributed by atoms with Crippen molar-refractivity contribution in [1.29, 1.82) is 0 Å². The van der Waals surface area contributed by atoms with E-state index in [1.54, 1.807) is 0 Å². The first-order valence-corrected chi connectivity index (χ1v) is 9.58. The molecule has 0 heterocycles. The molecule has 0 fully saturated rings. The Balaban J connectivity index is 3.17. The van der Waals surface area contributed by atoms with E-state index >= 15 is 0 Å². The van der Waals surface area contributed by atoms with Crippen molar-refractivity contribution < 1.29 is 8.42 Å². The summed E-state index contributed by atoms with van der Waals surface area (Å²) < 4.78 is 28.1. The van der Waals surface area contributed by atoms with Gasteiger partial charge in [0.15, 0.2) is 0 Å². The molecule has 0 saturated heterocycles. The van der Waals surface area contributed by atoms with Crippen LogP contribution in [0.25, 0.3) is 0 Å². The zero-order chi connectivity index (χ0) is 11.6. The second kappa shape index (κ2) is 6.00. The fourth-order valence-electron chi connectivity index (χ4n) is 0.822. The maximum Gasteiger partial charge on any atom is 0.242 e. The Bertz CT molecular complexity index is 454. The van der Waals surface area contributed by atoms with Gasteiger partial charge in [0.2, 0.25) is 10.0 Å². The van der Waals surface area contributed by atoms with Crippen LogP contribution < -0.4 is 4.72 Å².